The van der Waals surface area contributed by atoms with Gasteiger partial charge in [-0.3, -0.25) is 4.79 Å². The highest BCUT2D eigenvalue weighted by Crippen LogP contribution is 2.20. The number of nitrogens with two attached hydrogens (primary N) is 1. The van der Waals surface area contributed by atoms with E-state index >= 15 is 0 Å². The molecule has 0 aliphatic carbocycles. The number of hydrogen-bond donors (Lipinski definition) is 3. The first-order chi connectivity index (χ1) is 8.00. The fourth-order valence-corrected chi connectivity index (χ4v) is 1.41. The smallest absolute Gasteiger partial charge is 0.404 e. The summed E-state index contributed by atoms with van der Waals surface area (Å²) in [6, 6.07) is 4.59. The van der Waals surface area contributed by atoms with Crippen LogP contribution in [0.25, 0.3) is 0 Å². The zero-order chi connectivity index (χ0) is 12.8. The predicted octanol–water partition coefficient (Wildman–Crippen LogP) is 0.822. The molecule has 1 rings (SSSR count). The summed E-state index contributed by atoms with van der Waals surface area (Å²) >= 11 is 1.95. The summed E-state index contributed by atoms with van der Waals surface area (Å²) in [5.74, 6) is -0.309. The van der Waals surface area contributed by atoms with Gasteiger partial charge in [0, 0.05) is 5.56 Å². The number of primary amides is 1. The molecule has 0 radical (unpaired) electrons. The molecule has 0 aliphatic heterocycles. The van der Waals surface area contributed by atoms with E-state index in [4.69, 9.17) is 5.73 Å². The van der Waals surface area contributed by atoms with Crippen LogP contribution in [0, 0.1) is 3.57 Å². The number of phenols is 1. The van der Waals surface area contributed by atoms with E-state index < -0.39 is 6.09 Å². The molecule has 0 aromatic heterocycles. The fraction of sp³-hybridized carbons (Fsp3) is 0.200. The molecular weight excluding hydrogens is 339 g/mol. The zero-order valence-electron chi connectivity index (χ0n) is 8.77. The van der Waals surface area contributed by atoms with Gasteiger partial charge < -0.3 is 20.9 Å². The maximum atomic E-state index is 11.6. The van der Waals surface area contributed by atoms with E-state index in [1.165, 1.54) is 6.07 Å². The molecule has 2 amide bonds. The van der Waals surface area contributed by atoms with E-state index in [1.54, 1.807) is 12.1 Å². The number of hydrogen-bond acceptors (Lipinski definition) is 4. The Bertz CT molecular complexity index is 436. The van der Waals surface area contributed by atoms with Crippen molar-refractivity contribution in [1.29, 1.82) is 0 Å². The number of carbonyl (C=O) groups excluding carboxylic acids is 2. The Morgan fingerprint density at radius 3 is 2.76 bits per heavy atom. The van der Waals surface area contributed by atoms with Crippen LogP contribution in [0.4, 0.5) is 4.79 Å². The van der Waals surface area contributed by atoms with Crippen molar-refractivity contribution in [2.75, 3.05) is 13.2 Å². The van der Waals surface area contributed by atoms with Gasteiger partial charge in [-0.25, -0.2) is 4.79 Å². The lowest BCUT2D eigenvalue weighted by Crippen LogP contribution is -2.28. The Hall–Kier alpha value is -1.51. The topological polar surface area (TPSA) is 102 Å². The summed E-state index contributed by atoms with van der Waals surface area (Å²) in [7, 11) is 0. The normalized spacial score (nSPS) is 9.71. The van der Waals surface area contributed by atoms with Gasteiger partial charge in [-0.05, 0) is 40.8 Å². The Morgan fingerprint density at radius 2 is 2.18 bits per heavy atom. The van der Waals surface area contributed by atoms with Crippen molar-refractivity contribution < 1.29 is 19.4 Å². The third-order valence-electron chi connectivity index (χ3n) is 1.84. The van der Waals surface area contributed by atoms with Crippen molar-refractivity contribution in [3.8, 4) is 5.75 Å². The van der Waals surface area contributed by atoms with Crippen molar-refractivity contribution >= 4 is 34.6 Å². The molecule has 7 heteroatoms. The molecule has 0 saturated carbocycles. The molecule has 0 spiro atoms. The van der Waals surface area contributed by atoms with Crippen LogP contribution < -0.4 is 11.1 Å². The number of halogens is 1. The van der Waals surface area contributed by atoms with Crippen LogP contribution >= 0.6 is 22.6 Å². The predicted molar refractivity (Wildman–Crippen MR) is 68.7 cm³/mol. The van der Waals surface area contributed by atoms with Gasteiger partial charge in [0.25, 0.3) is 5.91 Å². The van der Waals surface area contributed by atoms with Gasteiger partial charge >= 0.3 is 6.09 Å². The first kappa shape index (κ1) is 13.6. The Labute approximate surface area is 111 Å². The van der Waals surface area contributed by atoms with E-state index in [1.807, 2.05) is 22.6 Å². The first-order valence-electron chi connectivity index (χ1n) is 4.69. The summed E-state index contributed by atoms with van der Waals surface area (Å²) in [5, 5.41) is 11.9. The average Bonchev–Trinajstić information content (AvgIpc) is 2.27. The molecule has 92 valence electrons. The molecule has 1 aromatic rings. The van der Waals surface area contributed by atoms with Gasteiger partial charge in [0.15, 0.2) is 0 Å². The minimum atomic E-state index is -0.883. The van der Waals surface area contributed by atoms with E-state index in [0.29, 0.717) is 9.13 Å². The summed E-state index contributed by atoms with van der Waals surface area (Å²) in [6.45, 7) is 0.173. The standard InChI is InChI=1S/C10H11IN2O4/c11-7-2-1-6(5-8(7)14)9(15)13-3-4-17-10(12)16/h1-2,5,14H,3-4H2,(H2,12,16)(H,13,15). The van der Waals surface area contributed by atoms with E-state index in [9.17, 15) is 14.7 Å². The van der Waals surface area contributed by atoms with E-state index in [0.717, 1.165) is 0 Å². The lowest BCUT2D eigenvalue weighted by molar-refractivity contribution is 0.0936. The second kappa shape index (κ2) is 6.28. The van der Waals surface area contributed by atoms with Gasteiger partial charge in [-0.2, -0.15) is 0 Å². The van der Waals surface area contributed by atoms with Crippen LogP contribution in [0.5, 0.6) is 5.75 Å². The largest absolute Gasteiger partial charge is 0.507 e. The van der Waals surface area contributed by atoms with Crippen molar-refractivity contribution in [3.05, 3.63) is 27.3 Å². The molecule has 0 fully saturated rings. The SMILES string of the molecule is NC(=O)OCCNC(=O)c1ccc(I)c(O)c1. The minimum absolute atomic E-state index is 0.0113. The minimum Gasteiger partial charge on any atom is -0.507 e. The number of amides is 2. The zero-order valence-corrected chi connectivity index (χ0v) is 10.9. The number of phenolic OH excluding ortho intramolecular Hbond substituents is 1. The highest BCUT2D eigenvalue weighted by molar-refractivity contribution is 14.1. The fourth-order valence-electron chi connectivity index (χ4n) is 1.07. The van der Waals surface area contributed by atoms with Gasteiger partial charge in [0.05, 0.1) is 10.1 Å². The summed E-state index contributed by atoms with van der Waals surface area (Å²) in [6.07, 6.45) is -0.883. The van der Waals surface area contributed by atoms with Gasteiger partial charge in [-0.15, -0.1) is 0 Å². The Kier molecular flexibility index (Phi) is 5.01. The molecular formula is C10H11IN2O4. The number of rotatable bonds is 4. The molecule has 0 atom stereocenters. The highest BCUT2D eigenvalue weighted by Gasteiger charge is 2.07. The average molecular weight is 350 g/mol. The number of benzene rings is 1. The molecule has 17 heavy (non-hydrogen) atoms. The molecule has 0 unspecified atom stereocenters. The number of carbonyl (C=O) groups is 2. The third kappa shape index (κ3) is 4.47. The number of aromatic hydroxyl groups is 1. The summed E-state index contributed by atoms with van der Waals surface area (Å²) < 4.78 is 5.11. The van der Waals surface area contributed by atoms with Gasteiger partial charge in [-0.1, -0.05) is 0 Å². The van der Waals surface area contributed by atoms with Crippen molar-refractivity contribution in [3.63, 3.8) is 0 Å². The van der Waals surface area contributed by atoms with Crippen molar-refractivity contribution in [2.45, 2.75) is 0 Å². The van der Waals surface area contributed by atoms with Crippen LogP contribution in [-0.2, 0) is 4.74 Å². The van der Waals surface area contributed by atoms with Crippen molar-refractivity contribution in [2.24, 2.45) is 5.73 Å². The maximum Gasteiger partial charge on any atom is 0.404 e. The first-order valence-corrected chi connectivity index (χ1v) is 5.77. The Balaban J connectivity index is 2.47. The van der Waals surface area contributed by atoms with Crippen LogP contribution in [0.15, 0.2) is 18.2 Å². The van der Waals surface area contributed by atoms with E-state index in [-0.39, 0.29) is 24.8 Å². The molecule has 1 aromatic carbocycles. The van der Waals surface area contributed by atoms with Gasteiger partial charge in [0.2, 0.25) is 0 Å². The molecule has 0 aliphatic rings. The third-order valence-corrected chi connectivity index (χ3v) is 2.75. The quantitative estimate of drug-likeness (QED) is 0.553. The summed E-state index contributed by atoms with van der Waals surface area (Å²) in [4.78, 5) is 21.8. The lowest BCUT2D eigenvalue weighted by Gasteiger charge is -2.06. The van der Waals surface area contributed by atoms with Crippen LogP contribution in [0.3, 0.4) is 0 Å². The second-order valence-electron chi connectivity index (χ2n) is 3.09. The Morgan fingerprint density at radius 1 is 1.47 bits per heavy atom. The van der Waals surface area contributed by atoms with Gasteiger partial charge in [0.1, 0.15) is 12.4 Å². The lowest BCUT2D eigenvalue weighted by atomic mass is 10.2. The second-order valence-corrected chi connectivity index (χ2v) is 4.25. The molecule has 4 N–H and O–H groups in total. The molecule has 0 saturated heterocycles. The van der Waals surface area contributed by atoms with Crippen LogP contribution in [0.1, 0.15) is 10.4 Å². The van der Waals surface area contributed by atoms with Crippen molar-refractivity contribution in [1.82, 2.24) is 5.32 Å². The van der Waals surface area contributed by atoms with Crippen LogP contribution in [-0.4, -0.2) is 30.3 Å². The number of ether oxygens (including phenoxy) is 1. The summed E-state index contributed by atoms with van der Waals surface area (Å²) in [5.41, 5.74) is 5.08. The maximum absolute atomic E-state index is 11.6. The molecule has 6 nitrogen and oxygen atoms in total. The molecule has 0 heterocycles. The highest BCUT2D eigenvalue weighted by atomic mass is 127. The number of nitrogens with one attached hydrogen (secondary N) is 1. The molecule has 0 bridgehead atoms. The van der Waals surface area contributed by atoms with Crippen LogP contribution in [0.2, 0.25) is 0 Å². The monoisotopic (exact) mass is 350 g/mol. The van der Waals surface area contributed by atoms with E-state index in [2.05, 4.69) is 10.1 Å².